The van der Waals surface area contributed by atoms with Crippen LogP contribution in [0.5, 0.6) is 5.75 Å². The van der Waals surface area contributed by atoms with Gasteiger partial charge in [0.2, 0.25) is 0 Å². The molecule has 0 aliphatic carbocycles. The summed E-state index contributed by atoms with van der Waals surface area (Å²) in [7, 11) is 1.51. The summed E-state index contributed by atoms with van der Waals surface area (Å²) in [5.74, 6) is 0.576. The van der Waals surface area contributed by atoms with Gasteiger partial charge in [-0.2, -0.15) is 13.2 Å². The minimum atomic E-state index is -4.28. The highest BCUT2D eigenvalue weighted by Crippen LogP contribution is 2.39. The van der Waals surface area contributed by atoms with Crippen LogP contribution in [0.2, 0.25) is 0 Å². The van der Waals surface area contributed by atoms with Gasteiger partial charge >= 0.3 is 6.18 Å². The van der Waals surface area contributed by atoms with Crippen LogP contribution in [0.1, 0.15) is 17.2 Å². The zero-order chi connectivity index (χ0) is 14.8. The first kappa shape index (κ1) is 21.3. The third-order valence-electron chi connectivity index (χ3n) is 3.60. The molecule has 0 bridgehead atoms. The highest BCUT2D eigenvalue weighted by Gasteiger charge is 2.45. The average Bonchev–Trinajstić information content (AvgIpc) is 2.40. The summed E-state index contributed by atoms with van der Waals surface area (Å²) in [6.45, 7) is 3.66. The van der Waals surface area contributed by atoms with Crippen LogP contribution in [0.3, 0.4) is 0 Å². The fraction of sp³-hybridized carbons (Fsp3) is 0.571. The quantitative estimate of drug-likeness (QED) is 0.894. The third kappa shape index (κ3) is 4.91. The zero-order valence-corrected chi connectivity index (χ0v) is 14.1. The Morgan fingerprint density at radius 2 is 1.77 bits per heavy atom. The molecule has 3 nitrogen and oxygen atoms in total. The van der Waals surface area contributed by atoms with Crippen molar-refractivity contribution in [2.75, 3.05) is 33.3 Å². The Morgan fingerprint density at radius 1 is 1.18 bits per heavy atom. The lowest BCUT2D eigenvalue weighted by Gasteiger charge is -2.36. The summed E-state index contributed by atoms with van der Waals surface area (Å²) < 4.78 is 45.4. The number of aryl methyl sites for hydroxylation is 1. The minimum absolute atomic E-state index is 0. The van der Waals surface area contributed by atoms with E-state index in [0.717, 1.165) is 0 Å². The highest BCUT2D eigenvalue weighted by atomic mass is 35.5. The highest BCUT2D eigenvalue weighted by molar-refractivity contribution is 5.85. The Morgan fingerprint density at radius 3 is 2.23 bits per heavy atom. The molecule has 1 aromatic rings. The molecule has 0 unspecified atom stereocenters. The second-order valence-corrected chi connectivity index (χ2v) is 4.95. The van der Waals surface area contributed by atoms with E-state index in [1.807, 2.05) is 0 Å². The first-order chi connectivity index (χ1) is 9.43. The van der Waals surface area contributed by atoms with E-state index in [0.29, 0.717) is 43.1 Å². The summed E-state index contributed by atoms with van der Waals surface area (Å²) in [4.78, 5) is 1.49. The Balaban J connectivity index is 0.00000220. The smallest absolute Gasteiger partial charge is 0.408 e. The van der Waals surface area contributed by atoms with Crippen molar-refractivity contribution >= 4 is 24.8 Å². The van der Waals surface area contributed by atoms with Gasteiger partial charge in [-0.3, -0.25) is 4.90 Å². The number of hydrogen-bond donors (Lipinski definition) is 1. The molecule has 128 valence electrons. The lowest BCUT2D eigenvalue weighted by Crippen LogP contribution is -2.49. The Hall–Kier alpha value is -0.690. The van der Waals surface area contributed by atoms with Crippen LogP contribution in [0, 0.1) is 6.92 Å². The number of nitrogens with zero attached hydrogens (tertiary/aromatic N) is 1. The van der Waals surface area contributed by atoms with Gasteiger partial charge < -0.3 is 10.1 Å². The summed E-state index contributed by atoms with van der Waals surface area (Å²) in [5.41, 5.74) is 0.908. The number of alkyl halides is 3. The Labute approximate surface area is 141 Å². The van der Waals surface area contributed by atoms with E-state index >= 15 is 0 Å². The molecule has 1 heterocycles. The van der Waals surface area contributed by atoms with E-state index in [1.165, 1.54) is 18.1 Å². The van der Waals surface area contributed by atoms with Crippen LogP contribution in [-0.4, -0.2) is 44.4 Å². The van der Waals surface area contributed by atoms with Gasteiger partial charge in [0.15, 0.2) is 0 Å². The third-order valence-corrected chi connectivity index (χ3v) is 3.60. The lowest BCUT2D eigenvalue weighted by atomic mass is 9.98. The topological polar surface area (TPSA) is 24.5 Å². The molecule has 1 atom stereocenters. The number of piperazine rings is 1. The van der Waals surface area contributed by atoms with Crippen LogP contribution >= 0.6 is 24.8 Å². The second-order valence-electron chi connectivity index (χ2n) is 4.95. The Bertz CT molecular complexity index is 466. The van der Waals surface area contributed by atoms with E-state index in [2.05, 4.69) is 5.32 Å². The van der Waals surface area contributed by atoms with E-state index in [-0.39, 0.29) is 24.8 Å². The van der Waals surface area contributed by atoms with Crippen molar-refractivity contribution in [3.8, 4) is 5.75 Å². The van der Waals surface area contributed by atoms with E-state index in [4.69, 9.17) is 4.74 Å². The molecule has 2 rings (SSSR count). The standard InChI is InChI=1S/C14H19F3N2O.2ClH/c1-10-9-11(20-2)3-4-12(10)13(14(15,16)17)19-7-5-18-6-8-19;;/h3-4,9,13,18H,5-8H2,1-2H3;2*1H/t13-;;/m1../s1. The molecule has 0 spiro atoms. The number of methoxy groups -OCH3 is 1. The van der Waals surface area contributed by atoms with Crippen molar-refractivity contribution < 1.29 is 17.9 Å². The van der Waals surface area contributed by atoms with E-state index in [1.54, 1.807) is 19.1 Å². The van der Waals surface area contributed by atoms with Gasteiger partial charge in [0, 0.05) is 26.2 Å². The fourth-order valence-electron chi connectivity index (χ4n) is 2.60. The monoisotopic (exact) mass is 360 g/mol. The number of hydrogen-bond acceptors (Lipinski definition) is 3. The predicted molar refractivity (Wildman–Crippen MR) is 85.5 cm³/mol. The van der Waals surface area contributed by atoms with Gasteiger partial charge in [0.25, 0.3) is 0 Å². The molecule has 1 saturated heterocycles. The molecule has 1 aliphatic rings. The fourth-order valence-corrected chi connectivity index (χ4v) is 2.60. The summed E-state index contributed by atoms with van der Waals surface area (Å²) in [6, 6.07) is 3.21. The molecule has 0 radical (unpaired) electrons. The maximum Gasteiger partial charge on any atom is 0.408 e. The zero-order valence-electron chi connectivity index (χ0n) is 12.4. The lowest BCUT2D eigenvalue weighted by molar-refractivity contribution is -0.188. The molecule has 1 fully saturated rings. The number of rotatable bonds is 3. The molecule has 0 amide bonds. The number of benzene rings is 1. The van der Waals surface area contributed by atoms with E-state index in [9.17, 15) is 13.2 Å². The van der Waals surface area contributed by atoms with Crippen LogP contribution in [0.4, 0.5) is 13.2 Å². The van der Waals surface area contributed by atoms with E-state index < -0.39 is 12.2 Å². The maximum absolute atomic E-state index is 13.5. The van der Waals surface area contributed by atoms with Crippen LogP contribution in [-0.2, 0) is 0 Å². The van der Waals surface area contributed by atoms with Crippen molar-refractivity contribution in [1.29, 1.82) is 0 Å². The number of ether oxygens (including phenoxy) is 1. The maximum atomic E-state index is 13.5. The summed E-state index contributed by atoms with van der Waals surface area (Å²) >= 11 is 0. The molecule has 22 heavy (non-hydrogen) atoms. The Kier molecular flexibility index (Phi) is 8.54. The van der Waals surface area contributed by atoms with Crippen molar-refractivity contribution in [1.82, 2.24) is 10.2 Å². The van der Waals surface area contributed by atoms with Gasteiger partial charge in [-0.05, 0) is 30.2 Å². The van der Waals surface area contributed by atoms with Crippen molar-refractivity contribution in [3.63, 3.8) is 0 Å². The molecule has 0 aromatic heterocycles. The number of halogens is 5. The van der Waals surface area contributed by atoms with Gasteiger partial charge in [0.05, 0.1) is 7.11 Å². The number of nitrogens with one attached hydrogen (secondary N) is 1. The normalized spacial score (nSPS) is 17.1. The average molecular weight is 361 g/mol. The van der Waals surface area contributed by atoms with Crippen LogP contribution in [0.15, 0.2) is 18.2 Å². The van der Waals surface area contributed by atoms with Crippen molar-refractivity contribution in [2.24, 2.45) is 0 Å². The van der Waals surface area contributed by atoms with Gasteiger partial charge in [-0.1, -0.05) is 6.07 Å². The largest absolute Gasteiger partial charge is 0.497 e. The van der Waals surface area contributed by atoms with Crippen LogP contribution < -0.4 is 10.1 Å². The molecular formula is C14H21Cl2F3N2O. The predicted octanol–water partition coefficient (Wildman–Crippen LogP) is 3.36. The van der Waals surface area contributed by atoms with Gasteiger partial charge in [0.1, 0.15) is 11.8 Å². The first-order valence-electron chi connectivity index (χ1n) is 6.59. The molecular weight excluding hydrogens is 340 g/mol. The molecule has 0 saturated carbocycles. The molecule has 8 heteroatoms. The SMILES string of the molecule is COc1ccc([C@@H](N2CCNCC2)C(F)(F)F)c(C)c1.Cl.Cl. The first-order valence-corrected chi connectivity index (χ1v) is 6.59. The van der Waals surface area contributed by atoms with Crippen molar-refractivity contribution in [2.45, 2.75) is 19.1 Å². The molecule has 1 aromatic carbocycles. The molecule has 1 N–H and O–H groups in total. The summed E-state index contributed by atoms with van der Waals surface area (Å²) in [5, 5.41) is 3.08. The van der Waals surface area contributed by atoms with Crippen molar-refractivity contribution in [3.05, 3.63) is 29.3 Å². The second kappa shape index (κ2) is 8.82. The van der Waals surface area contributed by atoms with Crippen LogP contribution in [0.25, 0.3) is 0 Å². The minimum Gasteiger partial charge on any atom is -0.497 e. The van der Waals surface area contributed by atoms with Gasteiger partial charge in [-0.25, -0.2) is 0 Å². The summed E-state index contributed by atoms with van der Waals surface area (Å²) in [6.07, 6.45) is -4.28. The molecule has 1 aliphatic heterocycles. The van der Waals surface area contributed by atoms with Gasteiger partial charge in [-0.15, -0.1) is 24.8 Å².